The normalized spacial score (nSPS) is 12.1. The minimum absolute atomic E-state index is 0.357. The SMILES string of the molecule is Cc1ccccc1CC(O)CCOc1ccccc1. The molecule has 0 aliphatic rings. The first-order valence-corrected chi connectivity index (χ1v) is 6.66. The van der Waals surface area contributed by atoms with Crippen LogP contribution in [0.4, 0.5) is 0 Å². The van der Waals surface area contributed by atoms with Crippen LogP contribution in [0, 0.1) is 6.92 Å². The van der Waals surface area contributed by atoms with E-state index in [0.717, 1.165) is 5.75 Å². The van der Waals surface area contributed by atoms with Gasteiger partial charge in [-0.2, -0.15) is 0 Å². The van der Waals surface area contributed by atoms with Crippen LogP contribution in [0.3, 0.4) is 0 Å². The van der Waals surface area contributed by atoms with Gasteiger partial charge >= 0.3 is 0 Å². The van der Waals surface area contributed by atoms with Crippen LogP contribution in [0.1, 0.15) is 17.5 Å². The van der Waals surface area contributed by atoms with Gasteiger partial charge in [0.25, 0.3) is 0 Å². The van der Waals surface area contributed by atoms with E-state index in [9.17, 15) is 5.11 Å². The van der Waals surface area contributed by atoms with Crippen LogP contribution in [-0.2, 0) is 6.42 Å². The molecule has 1 atom stereocenters. The maximum Gasteiger partial charge on any atom is 0.119 e. The molecule has 2 nitrogen and oxygen atoms in total. The van der Waals surface area contributed by atoms with Gasteiger partial charge in [0.2, 0.25) is 0 Å². The van der Waals surface area contributed by atoms with Gasteiger partial charge in [0.15, 0.2) is 0 Å². The van der Waals surface area contributed by atoms with Gasteiger partial charge in [-0.25, -0.2) is 0 Å². The van der Waals surface area contributed by atoms with Gasteiger partial charge in [-0.05, 0) is 36.6 Å². The second-order valence-electron chi connectivity index (χ2n) is 4.73. The highest BCUT2D eigenvalue weighted by atomic mass is 16.5. The Morgan fingerprint density at radius 2 is 1.68 bits per heavy atom. The molecule has 1 N–H and O–H groups in total. The first-order chi connectivity index (χ1) is 9.25. The summed E-state index contributed by atoms with van der Waals surface area (Å²) in [6.07, 6.45) is 0.971. The molecule has 0 radical (unpaired) electrons. The number of aliphatic hydroxyl groups is 1. The van der Waals surface area contributed by atoms with Gasteiger partial charge in [0, 0.05) is 6.42 Å². The summed E-state index contributed by atoms with van der Waals surface area (Å²) < 4.78 is 5.58. The molecule has 0 aliphatic heterocycles. The van der Waals surface area contributed by atoms with Gasteiger partial charge < -0.3 is 9.84 Å². The minimum atomic E-state index is -0.357. The molecule has 0 aromatic heterocycles. The lowest BCUT2D eigenvalue weighted by molar-refractivity contribution is 0.139. The number of ether oxygens (including phenoxy) is 1. The molecule has 0 bridgehead atoms. The molecule has 2 aromatic rings. The smallest absolute Gasteiger partial charge is 0.119 e. The zero-order chi connectivity index (χ0) is 13.5. The molecular formula is C17H20O2. The number of benzene rings is 2. The van der Waals surface area contributed by atoms with Crippen molar-refractivity contribution < 1.29 is 9.84 Å². The Hall–Kier alpha value is -1.80. The van der Waals surface area contributed by atoms with Crippen molar-refractivity contribution in [2.45, 2.75) is 25.9 Å². The van der Waals surface area contributed by atoms with Crippen LogP contribution < -0.4 is 4.74 Å². The Morgan fingerprint density at radius 3 is 2.42 bits per heavy atom. The lowest BCUT2D eigenvalue weighted by atomic mass is 10.0. The highest BCUT2D eigenvalue weighted by Crippen LogP contribution is 2.13. The Kier molecular flexibility index (Phi) is 4.99. The lowest BCUT2D eigenvalue weighted by Crippen LogP contribution is -2.15. The van der Waals surface area contributed by atoms with Crippen molar-refractivity contribution in [2.24, 2.45) is 0 Å². The second kappa shape index (κ2) is 6.95. The zero-order valence-electron chi connectivity index (χ0n) is 11.3. The summed E-state index contributed by atoms with van der Waals surface area (Å²) in [5.74, 6) is 0.852. The van der Waals surface area contributed by atoms with Crippen molar-refractivity contribution in [3.63, 3.8) is 0 Å². The van der Waals surface area contributed by atoms with Gasteiger partial charge in [-0.3, -0.25) is 0 Å². The van der Waals surface area contributed by atoms with Gasteiger partial charge in [-0.1, -0.05) is 42.5 Å². The molecule has 0 saturated carbocycles. The third kappa shape index (κ3) is 4.42. The van der Waals surface area contributed by atoms with Crippen molar-refractivity contribution in [2.75, 3.05) is 6.61 Å². The van der Waals surface area contributed by atoms with Crippen LogP contribution in [0.25, 0.3) is 0 Å². The number of aryl methyl sites for hydroxylation is 1. The first-order valence-electron chi connectivity index (χ1n) is 6.66. The fraction of sp³-hybridized carbons (Fsp3) is 0.294. The minimum Gasteiger partial charge on any atom is -0.493 e. The van der Waals surface area contributed by atoms with Crippen LogP contribution >= 0.6 is 0 Å². The standard InChI is InChI=1S/C17H20O2/c1-14-7-5-6-8-15(14)13-16(18)11-12-19-17-9-3-2-4-10-17/h2-10,16,18H,11-13H2,1H3. The second-order valence-corrected chi connectivity index (χ2v) is 4.73. The highest BCUT2D eigenvalue weighted by molar-refractivity contribution is 5.26. The highest BCUT2D eigenvalue weighted by Gasteiger charge is 2.07. The quantitative estimate of drug-likeness (QED) is 0.858. The van der Waals surface area contributed by atoms with Crippen LogP contribution in [0.5, 0.6) is 5.75 Å². The molecule has 2 heteroatoms. The van der Waals surface area contributed by atoms with Crippen molar-refractivity contribution >= 4 is 0 Å². The number of aliphatic hydroxyl groups excluding tert-OH is 1. The molecular weight excluding hydrogens is 236 g/mol. The van der Waals surface area contributed by atoms with Gasteiger partial charge in [0.1, 0.15) is 5.75 Å². The van der Waals surface area contributed by atoms with E-state index in [1.54, 1.807) is 0 Å². The van der Waals surface area contributed by atoms with Crippen molar-refractivity contribution in [3.8, 4) is 5.75 Å². The summed E-state index contributed by atoms with van der Waals surface area (Å²) in [6.45, 7) is 2.61. The predicted octanol–water partition coefficient (Wildman–Crippen LogP) is 3.37. The van der Waals surface area contributed by atoms with Crippen molar-refractivity contribution in [3.05, 3.63) is 65.7 Å². The summed E-state index contributed by atoms with van der Waals surface area (Å²) >= 11 is 0. The molecule has 0 amide bonds. The van der Waals surface area contributed by atoms with Crippen molar-refractivity contribution in [1.29, 1.82) is 0 Å². The molecule has 0 saturated heterocycles. The molecule has 1 unspecified atom stereocenters. The summed E-state index contributed by atoms with van der Waals surface area (Å²) in [7, 11) is 0. The van der Waals surface area contributed by atoms with Gasteiger partial charge in [0.05, 0.1) is 12.7 Å². The lowest BCUT2D eigenvalue weighted by Gasteiger charge is -2.13. The molecule has 2 rings (SSSR count). The molecule has 0 aliphatic carbocycles. The van der Waals surface area contributed by atoms with Crippen molar-refractivity contribution in [1.82, 2.24) is 0 Å². The molecule has 0 heterocycles. The molecule has 0 fully saturated rings. The Balaban J connectivity index is 1.76. The fourth-order valence-corrected chi connectivity index (χ4v) is 2.02. The van der Waals surface area contributed by atoms with E-state index in [2.05, 4.69) is 19.1 Å². The number of hydrogen-bond donors (Lipinski definition) is 1. The molecule has 100 valence electrons. The van der Waals surface area contributed by atoms with E-state index in [1.807, 2.05) is 42.5 Å². The van der Waals surface area contributed by atoms with Crippen LogP contribution in [-0.4, -0.2) is 17.8 Å². The largest absolute Gasteiger partial charge is 0.493 e. The summed E-state index contributed by atoms with van der Waals surface area (Å²) in [4.78, 5) is 0. The Bertz CT molecular complexity index is 494. The maximum atomic E-state index is 10.0. The summed E-state index contributed by atoms with van der Waals surface area (Å²) in [5, 5.41) is 10.0. The monoisotopic (exact) mass is 256 g/mol. The average Bonchev–Trinajstić information content (AvgIpc) is 2.43. The van der Waals surface area contributed by atoms with Crippen LogP contribution in [0.15, 0.2) is 54.6 Å². The molecule has 2 aromatic carbocycles. The summed E-state index contributed by atoms with van der Waals surface area (Å²) in [5.41, 5.74) is 2.43. The maximum absolute atomic E-state index is 10.0. The Morgan fingerprint density at radius 1 is 1.00 bits per heavy atom. The third-order valence-electron chi connectivity index (χ3n) is 3.18. The van der Waals surface area contributed by atoms with E-state index in [0.29, 0.717) is 19.4 Å². The number of hydrogen-bond acceptors (Lipinski definition) is 2. The first kappa shape index (κ1) is 13.6. The fourth-order valence-electron chi connectivity index (χ4n) is 2.02. The topological polar surface area (TPSA) is 29.5 Å². The van der Waals surface area contributed by atoms with E-state index >= 15 is 0 Å². The van der Waals surface area contributed by atoms with E-state index in [4.69, 9.17) is 4.74 Å². The van der Waals surface area contributed by atoms with Gasteiger partial charge in [-0.15, -0.1) is 0 Å². The number of rotatable bonds is 6. The predicted molar refractivity (Wildman–Crippen MR) is 77.4 cm³/mol. The summed E-state index contributed by atoms with van der Waals surface area (Å²) in [6, 6.07) is 17.9. The van der Waals surface area contributed by atoms with E-state index in [-0.39, 0.29) is 6.10 Å². The van der Waals surface area contributed by atoms with E-state index in [1.165, 1.54) is 11.1 Å². The molecule has 19 heavy (non-hydrogen) atoms. The zero-order valence-corrected chi connectivity index (χ0v) is 11.3. The third-order valence-corrected chi connectivity index (χ3v) is 3.18. The van der Waals surface area contributed by atoms with Crippen LogP contribution in [0.2, 0.25) is 0 Å². The Labute approximate surface area is 114 Å². The average molecular weight is 256 g/mol. The van der Waals surface area contributed by atoms with E-state index < -0.39 is 0 Å². The molecule has 0 spiro atoms. The number of para-hydroxylation sites is 1.